The fourth-order valence-corrected chi connectivity index (χ4v) is 3.03. The van der Waals surface area contributed by atoms with Crippen molar-refractivity contribution < 1.29 is 14.7 Å². The summed E-state index contributed by atoms with van der Waals surface area (Å²) in [6, 6.07) is 8.46. The summed E-state index contributed by atoms with van der Waals surface area (Å²) in [6.45, 7) is 1.39. The Kier molecular flexibility index (Phi) is 4.33. The number of benzene rings is 1. The van der Waals surface area contributed by atoms with Crippen LogP contribution in [0.15, 0.2) is 29.4 Å². The van der Waals surface area contributed by atoms with Crippen LogP contribution in [0.5, 0.6) is 0 Å². The van der Waals surface area contributed by atoms with Gasteiger partial charge >= 0.3 is 0 Å². The van der Waals surface area contributed by atoms with Crippen LogP contribution in [-0.2, 0) is 15.9 Å². The Morgan fingerprint density at radius 2 is 2.00 bits per heavy atom. The minimum atomic E-state index is 0.0628. The second-order valence-electron chi connectivity index (χ2n) is 5.51. The molecule has 1 aromatic carbocycles. The molecule has 2 aliphatic rings. The number of ether oxygens (including phenoxy) is 2. The van der Waals surface area contributed by atoms with Crippen molar-refractivity contribution in [2.75, 3.05) is 13.2 Å². The van der Waals surface area contributed by atoms with Gasteiger partial charge in [-0.05, 0) is 43.2 Å². The van der Waals surface area contributed by atoms with E-state index < -0.39 is 0 Å². The molecule has 20 heavy (non-hydrogen) atoms. The number of oxime groups is 1. The first-order chi connectivity index (χ1) is 9.86. The molecule has 0 amide bonds. The third-order valence-electron chi connectivity index (χ3n) is 4.23. The van der Waals surface area contributed by atoms with E-state index >= 15 is 0 Å². The largest absolute Gasteiger partial charge is 0.411 e. The molecule has 0 radical (unpaired) electrons. The molecule has 1 atom stereocenters. The first kappa shape index (κ1) is 13.6. The highest BCUT2D eigenvalue weighted by molar-refractivity contribution is 5.84. The zero-order valence-electron chi connectivity index (χ0n) is 11.6. The molecule has 4 nitrogen and oxygen atoms in total. The van der Waals surface area contributed by atoms with E-state index in [4.69, 9.17) is 14.7 Å². The Morgan fingerprint density at radius 3 is 2.80 bits per heavy atom. The monoisotopic (exact) mass is 275 g/mol. The summed E-state index contributed by atoms with van der Waals surface area (Å²) in [5, 5.41) is 12.0. The van der Waals surface area contributed by atoms with Gasteiger partial charge < -0.3 is 14.7 Å². The maximum Gasteiger partial charge on any atom is 0.106 e. The van der Waals surface area contributed by atoms with Gasteiger partial charge in [-0.2, -0.15) is 0 Å². The summed E-state index contributed by atoms with van der Waals surface area (Å²) in [5.74, 6) is 0. The first-order valence-electron chi connectivity index (χ1n) is 7.37. The predicted molar refractivity (Wildman–Crippen MR) is 76.3 cm³/mol. The lowest BCUT2D eigenvalue weighted by molar-refractivity contribution is -0.0557. The maximum absolute atomic E-state index is 8.75. The van der Waals surface area contributed by atoms with Crippen molar-refractivity contribution in [1.29, 1.82) is 0 Å². The minimum Gasteiger partial charge on any atom is -0.411 e. The summed E-state index contributed by atoms with van der Waals surface area (Å²) < 4.78 is 11.9. The van der Waals surface area contributed by atoms with Crippen molar-refractivity contribution >= 4 is 5.71 Å². The van der Waals surface area contributed by atoms with Gasteiger partial charge in [0.15, 0.2) is 0 Å². The standard InChI is InChI=1S/C16H21NO3/c18-17-13-5-7-14(8-6-13)20-11-16-15-4-2-1-3-12(15)9-10-19-16/h1-4,14,16,18H,5-11H2. The summed E-state index contributed by atoms with van der Waals surface area (Å²) in [6.07, 6.45) is 4.87. The molecule has 1 unspecified atom stereocenters. The summed E-state index contributed by atoms with van der Waals surface area (Å²) >= 11 is 0. The van der Waals surface area contributed by atoms with Gasteiger partial charge in [0.05, 0.1) is 25.0 Å². The van der Waals surface area contributed by atoms with E-state index in [9.17, 15) is 0 Å². The van der Waals surface area contributed by atoms with Gasteiger partial charge in [-0.15, -0.1) is 0 Å². The van der Waals surface area contributed by atoms with Crippen LogP contribution in [0.2, 0.25) is 0 Å². The molecule has 1 aliphatic heterocycles. The Balaban J connectivity index is 1.55. The van der Waals surface area contributed by atoms with Crippen molar-refractivity contribution in [2.45, 2.75) is 44.3 Å². The van der Waals surface area contributed by atoms with E-state index in [0.717, 1.165) is 44.4 Å². The lowest BCUT2D eigenvalue weighted by atomic mass is 9.95. The van der Waals surface area contributed by atoms with Gasteiger partial charge in [0.1, 0.15) is 6.10 Å². The SMILES string of the molecule is ON=C1CCC(OCC2OCCc3ccccc32)CC1. The molecule has 3 rings (SSSR count). The fourth-order valence-electron chi connectivity index (χ4n) is 3.03. The zero-order chi connectivity index (χ0) is 13.8. The van der Waals surface area contributed by atoms with Crippen LogP contribution in [0.1, 0.15) is 42.9 Å². The zero-order valence-corrected chi connectivity index (χ0v) is 11.6. The van der Waals surface area contributed by atoms with Crippen molar-refractivity contribution in [3.63, 3.8) is 0 Å². The molecule has 1 fully saturated rings. The molecule has 1 N–H and O–H groups in total. The van der Waals surface area contributed by atoms with E-state index in [1.165, 1.54) is 11.1 Å². The molecule has 1 saturated carbocycles. The summed E-state index contributed by atoms with van der Waals surface area (Å²) in [4.78, 5) is 0. The summed E-state index contributed by atoms with van der Waals surface area (Å²) in [7, 11) is 0. The Hall–Kier alpha value is -1.39. The molecule has 0 saturated heterocycles. The van der Waals surface area contributed by atoms with Gasteiger partial charge in [0, 0.05) is 0 Å². The second kappa shape index (κ2) is 6.37. The topological polar surface area (TPSA) is 51.1 Å². The van der Waals surface area contributed by atoms with Crippen LogP contribution in [0.3, 0.4) is 0 Å². The molecule has 108 valence electrons. The van der Waals surface area contributed by atoms with E-state index in [-0.39, 0.29) is 12.2 Å². The van der Waals surface area contributed by atoms with E-state index in [0.29, 0.717) is 6.61 Å². The minimum absolute atomic E-state index is 0.0628. The third-order valence-corrected chi connectivity index (χ3v) is 4.23. The number of fused-ring (bicyclic) bond motifs is 1. The second-order valence-corrected chi connectivity index (χ2v) is 5.51. The number of nitrogens with zero attached hydrogens (tertiary/aromatic N) is 1. The lowest BCUT2D eigenvalue weighted by Gasteiger charge is -2.29. The molecule has 1 aromatic rings. The predicted octanol–water partition coefficient (Wildman–Crippen LogP) is 3.09. The maximum atomic E-state index is 8.75. The Morgan fingerprint density at radius 1 is 1.20 bits per heavy atom. The van der Waals surface area contributed by atoms with Crippen LogP contribution < -0.4 is 0 Å². The average molecular weight is 275 g/mol. The van der Waals surface area contributed by atoms with Crippen LogP contribution >= 0.6 is 0 Å². The Labute approximate surface area is 119 Å². The van der Waals surface area contributed by atoms with Crippen LogP contribution in [0.4, 0.5) is 0 Å². The van der Waals surface area contributed by atoms with E-state index in [1.54, 1.807) is 0 Å². The van der Waals surface area contributed by atoms with Crippen molar-refractivity contribution in [3.05, 3.63) is 35.4 Å². The van der Waals surface area contributed by atoms with E-state index in [1.807, 2.05) is 0 Å². The molecular weight excluding hydrogens is 254 g/mol. The molecular formula is C16H21NO3. The number of rotatable bonds is 3. The van der Waals surface area contributed by atoms with Gasteiger partial charge in [0.2, 0.25) is 0 Å². The molecule has 0 bridgehead atoms. The quantitative estimate of drug-likeness (QED) is 0.681. The van der Waals surface area contributed by atoms with Crippen LogP contribution in [0.25, 0.3) is 0 Å². The average Bonchev–Trinajstić information content (AvgIpc) is 2.53. The first-order valence-corrected chi connectivity index (χ1v) is 7.37. The van der Waals surface area contributed by atoms with Gasteiger partial charge in [0.25, 0.3) is 0 Å². The smallest absolute Gasteiger partial charge is 0.106 e. The van der Waals surface area contributed by atoms with Crippen molar-refractivity contribution in [2.24, 2.45) is 5.16 Å². The summed E-state index contributed by atoms with van der Waals surface area (Å²) in [5.41, 5.74) is 3.54. The highest BCUT2D eigenvalue weighted by atomic mass is 16.5. The Bertz CT molecular complexity index is 476. The van der Waals surface area contributed by atoms with Gasteiger partial charge in [-0.1, -0.05) is 29.4 Å². The molecule has 1 heterocycles. The van der Waals surface area contributed by atoms with Gasteiger partial charge in [-0.25, -0.2) is 0 Å². The highest BCUT2D eigenvalue weighted by Gasteiger charge is 2.24. The van der Waals surface area contributed by atoms with Gasteiger partial charge in [-0.3, -0.25) is 0 Å². The fraction of sp³-hybridized carbons (Fsp3) is 0.562. The third kappa shape index (κ3) is 3.02. The van der Waals surface area contributed by atoms with Crippen molar-refractivity contribution in [3.8, 4) is 0 Å². The van der Waals surface area contributed by atoms with Crippen LogP contribution in [0, 0.1) is 0 Å². The molecule has 4 heteroatoms. The van der Waals surface area contributed by atoms with Crippen molar-refractivity contribution in [1.82, 2.24) is 0 Å². The molecule has 0 spiro atoms. The molecule has 0 aromatic heterocycles. The normalized spacial score (nSPS) is 26.1. The van der Waals surface area contributed by atoms with E-state index in [2.05, 4.69) is 29.4 Å². The molecule has 1 aliphatic carbocycles. The highest BCUT2D eigenvalue weighted by Crippen LogP contribution is 2.28. The lowest BCUT2D eigenvalue weighted by Crippen LogP contribution is -2.26. The number of hydrogen-bond donors (Lipinski definition) is 1. The van der Waals surface area contributed by atoms with Crippen LogP contribution in [-0.4, -0.2) is 30.2 Å². The number of hydrogen-bond acceptors (Lipinski definition) is 4.